The van der Waals surface area contributed by atoms with Gasteiger partial charge in [0, 0.05) is 13.2 Å². The zero-order valence-corrected chi connectivity index (χ0v) is 10.0. The summed E-state index contributed by atoms with van der Waals surface area (Å²) in [6.45, 7) is 0.186. The topological polar surface area (TPSA) is 80.9 Å². The summed E-state index contributed by atoms with van der Waals surface area (Å²) in [5, 5.41) is 36.0. The maximum Gasteiger partial charge on any atom is 0.0562 e. The quantitative estimate of drug-likeness (QED) is 0.399. The Kier molecular flexibility index (Phi) is 11.2. The minimum atomic E-state index is -0.385. The van der Waals surface area contributed by atoms with Crippen molar-refractivity contribution in [3.8, 4) is 0 Å². The molecule has 0 aliphatic rings. The Morgan fingerprint density at radius 3 is 1.56 bits per heavy atom. The Morgan fingerprint density at radius 1 is 0.562 bits per heavy atom. The summed E-state index contributed by atoms with van der Waals surface area (Å²) in [5.41, 5.74) is 0. The molecule has 0 spiro atoms. The van der Waals surface area contributed by atoms with Crippen molar-refractivity contribution in [2.45, 2.75) is 63.6 Å². The third-order valence-electron chi connectivity index (χ3n) is 2.73. The molecule has 0 aromatic heterocycles. The third-order valence-corrected chi connectivity index (χ3v) is 2.73. The first kappa shape index (κ1) is 15.8. The van der Waals surface area contributed by atoms with Gasteiger partial charge in [-0.2, -0.15) is 0 Å². The molecule has 0 aromatic carbocycles. The van der Waals surface area contributed by atoms with Gasteiger partial charge in [0.1, 0.15) is 0 Å². The monoisotopic (exact) mass is 234 g/mol. The van der Waals surface area contributed by atoms with Gasteiger partial charge in [0.25, 0.3) is 0 Å². The number of hydrogen-bond donors (Lipinski definition) is 4. The van der Waals surface area contributed by atoms with Crippen molar-refractivity contribution < 1.29 is 20.4 Å². The lowest BCUT2D eigenvalue weighted by molar-refractivity contribution is 0.119. The maximum atomic E-state index is 9.48. The van der Waals surface area contributed by atoms with Crippen LogP contribution in [0.15, 0.2) is 0 Å². The average Bonchev–Trinajstić information content (AvgIpc) is 2.26. The van der Waals surface area contributed by atoms with Crippen molar-refractivity contribution in [2.75, 3.05) is 13.2 Å². The fourth-order valence-corrected chi connectivity index (χ4v) is 1.70. The molecule has 0 aliphatic carbocycles. The van der Waals surface area contributed by atoms with Crippen LogP contribution in [0.5, 0.6) is 0 Å². The first-order chi connectivity index (χ1) is 7.70. The van der Waals surface area contributed by atoms with E-state index in [0.717, 1.165) is 32.1 Å². The molecule has 0 saturated carbocycles. The highest BCUT2D eigenvalue weighted by Crippen LogP contribution is 2.11. The molecule has 0 radical (unpaired) electrons. The molecule has 0 bridgehead atoms. The van der Waals surface area contributed by atoms with E-state index in [4.69, 9.17) is 10.2 Å². The number of aliphatic hydroxyl groups excluding tert-OH is 4. The van der Waals surface area contributed by atoms with Gasteiger partial charge in [-0.3, -0.25) is 0 Å². The molecule has 2 unspecified atom stereocenters. The SMILES string of the molecule is OCCCC(O)CCCCCC(O)CCO. The summed E-state index contributed by atoms with van der Waals surface area (Å²) in [5.74, 6) is 0. The molecule has 0 heterocycles. The van der Waals surface area contributed by atoms with E-state index >= 15 is 0 Å². The standard InChI is InChI=1S/C12H26O4/c13-9-4-7-11(15)5-2-1-3-6-12(16)8-10-14/h11-16H,1-10H2. The van der Waals surface area contributed by atoms with Crippen LogP contribution in [0.2, 0.25) is 0 Å². The second kappa shape index (κ2) is 11.3. The van der Waals surface area contributed by atoms with Crippen LogP contribution in [0.1, 0.15) is 51.4 Å². The van der Waals surface area contributed by atoms with Crippen molar-refractivity contribution in [1.82, 2.24) is 0 Å². The molecule has 0 saturated heterocycles. The van der Waals surface area contributed by atoms with Crippen LogP contribution in [0.4, 0.5) is 0 Å². The number of unbranched alkanes of at least 4 members (excludes halogenated alkanes) is 2. The van der Waals surface area contributed by atoms with Gasteiger partial charge in [0.05, 0.1) is 12.2 Å². The fourth-order valence-electron chi connectivity index (χ4n) is 1.70. The number of aliphatic hydroxyl groups is 4. The molecular formula is C12H26O4. The predicted molar refractivity (Wildman–Crippen MR) is 63.1 cm³/mol. The second-order valence-corrected chi connectivity index (χ2v) is 4.32. The molecule has 0 amide bonds. The van der Waals surface area contributed by atoms with Crippen molar-refractivity contribution in [2.24, 2.45) is 0 Å². The van der Waals surface area contributed by atoms with E-state index in [1.54, 1.807) is 0 Å². The highest BCUT2D eigenvalue weighted by atomic mass is 16.3. The van der Waals surface area contributed by atoms with Gasteiger partial charge < -0.3 is 20.4 Å². The summed E-state index contributed by atoms with van der Waals surface area (Å²) >= 11 is 0. The van der Waals surface area contributed by atoms with Crippen LogP contribution < -0.4 is 0 Å². The van der Waals surface area contributed by atoms with Gasteiger partial charge in [-0.15, -0.1) is 0 Å². The minimum Gasteiger partial charge on any atom is -0.396 e. The first-order valence-corrected chi connectivity index (χ1v) is 6.28. The van der Waals surface area contributed by atoms with Crippen LogP contribution in [0.25, 0.3) is 0 Å². The summed E-state index contributed by atoms with van der Waals surface area (Å²) in [6, 6.07) is 0. The van der Waals surface area contributed by atoms with Crippen molar-refractivity contribution in [3.63, 3.8) is 0 Å². The largest absolute Gasteiger partial charge is 0.396 e. The minimum absolute atomic E-state index is 0.0427. The van der Waals surface area contributed by atoms with E-state index in [1.807, 2.05) is 0 Å². The molecule has 4 heteroatoms. The lowest BCUT2D eigenvalue weighted by Crippen LogP contribution is -2.09. The predicted octanol–water partition coefficient (Wildman–Crippen LogP) is 0.814. The Bertz CT molecular complexity index is 141. The van der Waals surface area contributed by atoms with Crippen LogP contribution in [-0.4, -0.2) is 45.8 Å². The van der Waals surface area contributed by atoms with Gasteiger partial charge in [-0.1, -0.05) is 19.3 Å². The Labute approximate surface area is 97.9 Å². The lowest BCUT2D eigenvalue weighted by Gasteiger charge is -2.10. The molecular weight excluding hydrogens is 208 g/mol. The van der Waals surface area contributed by atoms with Crippen LogP contribution >= 0.6 is 0 Å². The Balaban J connectivity index is 3.19. The zero-order chi connectivity index (χ0) is 12.2. The molecule has 0 aliphatic heterocycles. The van der Waals surface area contributed by atoms with Gasteiger partial charge in [-0.25, -0.2) is 0 Å². The fraction of sp³-hybridized carbons (Fsp3) is 1.00. The molecule has 0 aromatic rings. The van der Waals surface area contributed by atoms with Crippen LogP contribution in [0.3, 0.4) is 0 Å². The molecule has 98 valence electrons. The smallest absolute Gasteiger partial charge is 0.0562 e. The van der Waals surface area contributed by atoms with Crippen molar-refractivity contribution >= 4 is 0 Å². The molecule has 16 heavy (non-hydrogen) atoms. The molecule has 4 N–H and O–H groups in total. The molecule has 0 rings (SSSR count). The molecule has 2 atom stereocenters. The van der Waals surface area contributed by atoms with Crippen LogP contribution in [0, 0.1) is 0 Å². The maximum absolute atomic E-state index is 9.48. The highest BCUT2D eigenvalue weighted by Gasteiger charge is 2.05. The molecule has 0 fully saturated rings. The van der Waals surface area contributed by atoms with E-state index in [9.17, 15) is 10.2 Å². The Hall–Kier alpha value is -0.160. The van der Waals surface area contributed by atoms with Crippen molar-refractivity contribution in [3.05, 3.63) is 0 Å². The van der Waals surface area contributed by atoms with E-state index in [0.29, 0.717) is 19.3 Å². The van der Waals surface area contributed by atoms with E-state index in [-0.39, 0.29) is 25.4 Å². The zero-order valence-electron chi connectivity index (χ0n) is 10.0. The average molecular weight is 234 g/mol. The normalized spacial score (nSPS) is 15.0. The first-order valence-electron chi connectivity index (χ1n) is 6.28. The molecule has 4 nitrogen and oxygen atoms in total. The summed E-state index contributed by atoms with van der Waals surface area (Å²) in [6.07, 6.45) is 5.51. The van der Waals surface area contributed by atoms with E-state index in [1.165, 1.54) is 0 Å². The van der Waals surface area contributed by atoms with E-state index < -0.39 is 0 Å². The van der Waals surface area contributed by atoms with Crippen LogP contribution in [-0.2, 0) is 0 Å². The summed E-state index contributed by atoms with van der Waals surface area (Å²) < 4.78 is 0. The van der Waals surface area contributed by atoms with Gasteiger partial charge in [-0.05, 0) is 32.1 Å². The van der Waals surface area contributed by atoms with Crippen molar-refractivity contribution in [1.29, 1.82) is 0 Å². The Morgan fingerprint density at radius 2 is 1.06 bits per heavy atom. The number of rotatable bonds is 11. The highest BCUT2D eigenvalue weighted by molar-refractivity contribution is 4.58. The van der Waals surface area contributed by atoms with Gasteiger partial charge in [0.2, 0.25) is 0 Å². The van der Waals surface area contributed by atoms with Gasteiger partial charge in [0.15, 0.2) is 0 Å². The van der Waals surface area contributed by atoms with Gasteiger partial charge >= 0.3 is 0 Å². The third kappa shape index (κ3) is 10.4. The number of hydrogen-bond acceptors (Lipinski definition) is 4. The summed E-state index contributed by atoms with van der Waals surface area (Å²) in [7, 11) is 0. The lowest BCUT2D eigenvalue weighted by atomic mass is 10.0. The second-order valence-electron chi connectivity index (χ2n) is 4.32. The van der Waals surface area contributed by atoms with E-state index in [2.05, 4.69) is 0 Å². The summed E-state index contributed by atoms with van der Waals surface area (Å²) in [4.78, 5) is 0.